The van der Waals surface area contributed by atoms with E-state index < -0.39 is 0 Å². The van der Waals surface area contributed by atoms with Crippen LogP contribution >= 0.6 is 0 Å². The van der Waals surface area contributed by atoms with Crippen LogP contribution in [0.1, 0.15) is 62.5 Å². The van der Waals surface area contributed by atoms with Crippen LogP contribution < -0.4 is 5.32 Å². The van der Waals surface area contributed by atoms with Gasteiger partial charge in [-0.05, 0) is 45.4 Å². The fourth-order valence-electron chi connectivity index (χ4n) is 3.62. The van der Waals surface area contributed by atoms with Crippen LogP contribution in [0, 0.1) is 25.7 Å². The Hall–Kier alpha value is -1.36. The van der Waals surface area contributed by atoms with E-state index in [0.717, 1.165) is 29.9 Å². The Balaban J connectivity index is 1.94. The first-order valence-electron chi connectivity index (χ1n) is 8.86. The number of hydrogen-bond donors (Lipinski definition) is 2. The van der Waals surface area contributed by atoms with Crippen molar-refractivity contribution in [3.8, 4) is 0 Å². The fourth-order valence-corrected chi connectivity index (χ4v) is 3.62. The van der Waals surface area contributed by atoms with E-state index in [9.17, 15) is 9.90 Å². The molecule has 1 saturated carbocycles. The van der Waals surface area contributed by atoms with Crippen LogP contribution in [0.3, 0.4) is 0 Å². The molecule has 0 bridgehead atoms. The number of amides is 1. The van der Waals surface area contributed by atoms with Crippen molar-refractivity contribution in [2.24, 2.45) is 11.8 Å². The molecule has 5 heteroatoms. The molecule has 23 heavy (non-hydrogen) atoms. The maximum absolute atomic E-state index is 12.6. The molecule has 1 aromatic heterocycles. The van der Waals surface area contributed by atoms with Gasteiger partial charge in [-0.1, -0.05) is 31.3 Å². The molecule has 0 saturated heterocycles. The number of nitrogens with one attached hydrogen (secondary N) is 1. The molecule has 1 aliphatic carbocycles. The summed E-state index contributed by atoms with van der Waals surface area (Å²) < 4.78 is 5.18. The largest absolute Gasteiger partial charge is 0.396 e. The Morgan fingerprint density at radius 2 is 2.04 bits per heavy atom. The summed E-state index contributed by atoms with van der Waals surface area (Å²) in [5, 5.41) is 16.5. The van der Waals surface area contributed by atoms with Crippen molar-refractivity contribution < 1.29 is 14.4 Å². The molecule has 1 aromatic rings. The zero-order chi connectivity index (χ0) is 16.8. The molecule has 5 nitrogen and oxygen atoms in total. The van der Waals surface area contributed by atoms with Gasteiger partial charge in [-0.25, -0.2) is 0 Å². The predicted molar refractivity (Wildman–Crippen MR) is 89.1 cm³/mol. The molecular weight excluding hydrogens is 292 g/mol. The average Bonchev–Trinajstić information content (AvgIpc) is 2.87. The highest BCUT2D eigenvalue weighted by molar-refractivity contribution is 5.79. The number of aliphatic hydroxyl groups excluding tert-OH is 1. The summed E-state index contributed by atoms with van der Waals surface area (Å²) >= 11 is 0. The van der Waals surface area contributed by atoms with Crippen molar-refractivity contribution in [1.29, 1.82) is 0 Å². The zero-order valence-electron chi connectivity index (χ0n) is 14.6. The molecule has 2 N–H and O–H groups in total. The van der Waals surface area contributed by atoms with Gasteiger partial charge in [-0.2, -0.15) is 0 Å². The van der Waals surface area contributed by atoms with Crippen molar-refractivity contribution in [2.45, 2.75) is 71.8 Å². The number of rotatable bonds is 7. The summed E-state index contributed by atoms with van der Waals surface area (Å²) in [6.07, 6.45) is 7.36. The Morgan fingerprint density at radius 1 is 1.35 bits per heavy atom. The van der Waals surface area contributed by atoms with Crippen LogP contribution in [0.4, 0.5) is 0 Å². The van der Waals surface area contributed by atoms with Crippen LogP contribution in [0.15, 0.2) is 4.52 Å². The number of hydrogen-bond acceptors (Lipinski definition) is 4. The molecule has 1 aliphatic rings. The Kier molecular flexibility index (Phi) is 6.63. The van der Waals surface area contributed by atoms with Gasteiger partial charge >= 0.3 is 0 Å². The topological polar surface area (TPSA) is 75.4 Å². The first-order valence-corrected chi connectivity index (χ1v) is 8.86. The summed E-state index contributed by atoms with van der Waals surface area (Å²) in [5.74, 6) is 1.23. The van der Waals surface area contributed by atoms with E-state index in [4.69, 9.17) is 4.52 Å². The molecular formula is C18H30N2O3. The minimum absolute atomic E-state index is 0.0639. The van der Waals surface area contributed by atoms with Gasteiger partial charge < -0.3 is 14.9 Å². The van der Waals surface area contributed by atoms with E-state index in [-0.39, 0.29) is 24.5 Å². The molecule has 0 radical (unpaired) electrons. The van der Waals surface area contributed by atoms with Crippen LogP contribution in [-0.4, -0.2) is 28.8 Å². The number of aromatic nitrogens is 1. The molecule has 1 amide bonds. The molecule has 2 atom stereocenters. The fraction of sp³-hybridized carbons (Fsp3) is 0.778. The van der Waals surface area contributed by atoms with E-state index in [1.54, 1.807) is 0 Å². The van der Waals surface area contributed by atoms with Crippen LogP contribution in [0.2, 0.25) is 0 Å². The maximum Gasteiger partial charge on any atom is 0.223 e. The lowest BCUT2D eigenvalue weighted by molar-refractivity contribution is -0.125. The third-order valence-corrected chi connectivity index (χ3v) is 5.13. The molecule has 0 aromatic carbocycles. The van der Waals surface area contributed by atoms with Crippen LogP contribution in [0.25, 0.3) is 0 Å². The molecule has 0 spiro atoms. The maximum atomic E-state index is 12.6. The minimum atomic E-state index is -0.128. The molecule has 2 rings (SSSR count). The highest BCUT2D eigenvalue weighted by Gasteiger charge is 2.27. The zero-order valence-corrected chi connectivity index (χ0v) is 14.6. The SMILES string of the molecule is Cc1noc(C)c1CC(C)C(=O)NC(CCO)C1CCCCC1. The molecule has 1 heterocycles. The van der Waals surface area contributed by atoms with Gasteiger partial charge in [0.25, 0.3) is 0 Å². The number of aryl methyl sites for hydroxylation is 2. The normalized spacial score (nSPS) is 18.6. The molecule has 0 aliphatic heterocycles. The van der Waals surface area contributed by atoms with Crippen molar-refractivity contribution >= 4 is 5.91 Å². The average molecular weight is 322 g/mol. The smallest absolute Gasteiger partial charge is 0.223 e. The Labute approximate surface area is 138 Å². The Bertz CT molecular complexity index is 487. The minimum Gasteiger partial charge on any atom is -0.396 e. The second kappa shape index (κ2) is 8.48. The van der Waals surface area contributed by atoms with Gasteiger partial charge in [-0.3, -0.25) is 4.79 Å². The van der Waals surface area contributed by atoms with E-state index >= 15 is 0 Å². The number of nitrogens with zero attached hydrogens (tertiary/aromatic N) is 1. The van der Waals surface area contributed by atoms with E-state index in [1.165, 1.54) is 19.3 Å². The summed E-state index contributed by atoms with van der Waals surface area (Å²) in [5.41, 5.74) is 1.89. The lowest BCUT2D eigenvalue weighted by Gasteiger charge is -2.31. The van der Waals surface area contributed by atoms with Crippen molar-refractivity contribution in [2.75, 3.05) is 6.61 Å². The highest BCUT2D eigenvalue weighted by atomic mass is 16.5. The lowest BCUT2D eigenvalue weighted by atomic mass is 9.82. The Morgan fingerprint density at radius 3 is 2.61 bits per heavy atom. The summed E-state index contributed by atoms with van der Waals surface area (Å²) in [4.78, 5) is 12.6. The first-order chi connectivity index (χ1) is 11.0. The summed E-state index contributed by atoms with van der Waals surface area (Å²) in [6, 6.07) is 0.0971. The number of carbonyl (C=O) groups is 1. The van der Waals surface area contributed by atoms with Gasteiger partial charge in [0.2, 0.25) is 5.91 Å². The summed E-state index contributed by atoms with van der Waals surface area (Å²) in [7, 11) is 0. The predicted octanol–water partition coefficient (Wildman–Crippen LogP) is 2.92. The highest BCUT2D eigenvalue weighted by Crippen LogP contribution is 2.28. The molecule has 1 fully saturated rings. The van der Waals surface area contributed by atoms with Gasteiger partial charge in [0.1, 0.15) is 5.76 Å². The standard InChI is InChI=1S/C18H30N2O3/c1-12(11-16-13(2)20-23-14(16)3)18(22)19-17(9-10-21)15-7-5-4-6-8-15/h12,15,17,21H,4-11H2,1-3H3,(H,19,22). The number of aliphatic hydroxyl groups is 1. The third kappa shape index (κ3) is 4.80. The van der Waals surface area contributed by atoms with Gasteiger partial charge in [0, 0.05) is 24.1 Å². The van der Waals surface area contributed by atoms with E-state index in [0.29, 0.717) is 18.8 Å². The van der Waals surface area contributed by atoms with E-state index in [1.807, 2.05) is 20.8 Å². The third-order valence-electron chi connectivity index (χ3n) is 5.13. The van der Waals surface area contributed by atoms with Gasteiger partial charge in [0.15, 0.2) is 0 Å². The van der Waals surface area contributed by atoms with Crippen LogP contribution in [0.5, 0.6) is 0 Å². The molecule has 2 unspecified atom stereocenters. The number of carbonyl (C=O) groups excluding carboxylic acids is 1. The molecule has 130 valence electrons. The van der Waals surface area contributed by atoms with Gasteiger partial charge in [0.05, 0.1) is 5.69 Å². The summed E-state index contributed by atoms with van der Waals surface area (Å²) in [6.45, 7) is 5.86. The van der Waals surface area contributed by atoms with Crippen LogP contribution in [-0.2, 0) is 11.2 Å². The quantitative estimate of drug-likeness (QED) is 0.809. The van der Waals surface area contributed by atoms with Crippen molar-refractivity contribution in [3.05, 3.63) is 17.0 Å². The van der Waals surface area contributed by atoms with Gasteiger partial charge in [-0.15, -0.1) is 0 Å². The van der Waals surface area contributed by atoms with E-state index in [2.05, 4.69) is 10.5 Å². The van der Waals surface area contributed by atoms with Crippen molar-refractivity contribution in [1.82, 2.24) is 10.5 Å². The monoisotopic (exact) mass is 322 g/mol. The first kappa shape index (κ1) is 18.0. The van der Waals surface area contributed by atoms with Crippen molar-refractivity contribution in [3.63, 3.8) is 0 Å². The lowest BCUT2D eigenvalue weighted by Crippen LogP contribution is -2.44. The second-order valence-corrected chi connectivity index (χ2v) is 6.93. The second-order valence-electron chi connectivity index (χ2n) is 6.93.